The van der Waals surface area contributed by atoms with E-state index in [-0.39, 0.29) is 17.8 Å². The van der Waals surface area contributed by atoms with Gasteiger partial charge in [0.15, 0.2) is 0 Å². The fourth-order valence-corrected chi connectivity index (χ4v) is 2.62. The quantitative estimate of drug-likeness (QED) is 0.500. The maximum atomic E-state index is 14.2. The summed E-state index contributed by atoms with van der Waals surface area (Å²) in [5, 5.41) is 21.2. The minimum atomic E-state index is -1.45. The molecule has 0 unspecified atom stereocenters. The first-order valence-corrected chi connectivity index (χ1v) is 7.51. The van der Waals surface area contributed by atoms with E-state index < -0.39 is 17.5 Å². The van der Waals surface area contributed by atoms with Gasteiger partial charge < -0.3 is 10.3 Å². The third-order valence-corrected chi connectivity index (χ3v) is 3.80. The molecule has 0 fully saturated rings. The number of hydrogen-bond acceptors (Lipinski definition) is 5. The van der Waals surface area contributed by atoms with Gasteiger partial charge in [-0.25, -0.2) is 14.2 Å². The van der Waals surface area contributed by atoms with E-state index in [1.807, 2.05) is 0 Å². The Morgan fingerprint density at radius 2 is 1.96 bits per heavy atom. The highest BCUT2D eigenvalue weighted by molar-refractivity contribution is 6.66. The standard InChI is InChI=1S/C17H11ClFN3O3/c18-9-5-6-11-13(7-9)21-14(16(22-25)17(23)24)8-20-15(11)10-3-1-2-4-12(10)19/h1-7,25H,8H2,(H,23,24). The van der Waals surface area contributed by atoms with Crippen molar-refractivity contribution in [3.63, 3.8) is 0 Å². The third-order valence-electron chi connectivity index (χ3n) is 3.56. The molecule has 1 aliphatic rings. The summed E-state index contributed by atoms with van der Waals surface area (Å²) in [5.74, 6) is -1.92. The van der Waals surface area contributed by atoms with Crippen LogP contribution < -0.4 is 0 Å². The molecule has 25 heavy (non-hydrogen) atoms. The van der Waals surface area contributed by atoms with Crippen molar-refractivity contribution in [3.8, 4) is 0 Å². The molecular formula is C17H11ClFN3O3. The zero-order valence-corrected chi connectivity index (χ0v) is 13.4. The van der Waals surface area contributed by atoms with Crippen LogP contribution in [0.25, 0.3) is 0 Å². The van der Waals surface area contributed by atoms with Gasteiger partial charge in [-0.2, -0.15) is 0 Å². The Morgan fingerprint density at radius 3 is 2.64 bits per heavy atom. The number of oxime groups is 1. The van der Waals surface area contributed by atoms with Crippen molar-refractivity contribution in [3.05, 3.63) is 64.4 Å². The van der Waals surface area contributed by atoms with E-state index in [9.17, 15) is 9.18 Å². The summed E-state index contributed by atoms with van der Waals surface area (Å²) in [6.07, 6.45) is 0. The molecule has 1 heterocycles. The number of fused-ring (bicyclic) bond motifs is 1. The number of aliphatic imine (C=N–C) groups is 2. The molecule has 3 rings (SSSR count). The van der Waals surface area contributed by atoms with Crippen LogP contribution in [0.4, 0.5) is 10.1 Å². The number of carboxylic acids is 1. The summed E-state index contributed by atoms with van der Waals surface area (Å²) in [7, 11) is 0. The summed E-state index contributed by atoms with van der Waals surface area (Å²) < 4.78 is 14.2. The van der Waals surface area contributed by atoms with Crippen LogP contribution in [-0.2, 0) is 4.79 Å². The highest BCUT2D eigenvalue weighted by atomic mass is 35.5. The molecule has 0 aliphatic carbocycles. The van der Waals surface area contributed by atoms with Gasteiger partial charge in [0, 0.05) is 16.1 Å². The Labute approximate surface area is 146 Å². The van der Waals surface area contributed by atoms with Gasteiger partial charge in [-0.3, -0.25) is 4.99 Å². The highest BCUT2D eigenvalue weighted by Crippen LogP contribution is 2.29. The maximum Gasteiger partial charge on any atom is 0.359 e. The van der Waals surface area contributed by atoms with Crippen molar-refractivity contribution < 1.29 is 19.5 Å². The molecule has 6 nitrogen and oxygen atoms in total. The second kappa shape index (κ2) is 6.82. The second-order valence-electron chi connectivity index (χ2n) is 5.12. The van der Waals surface area contributed by atoms with Crippen LogP contribution in [0.5, 0.6) is 0 Å². The first-order valence-electron chi connectivity index (χ1n) is 7.14. The fourth-order valence-electron chi connectivity index (χ4n) is 2.45. The summed E-state index contributed by atoms with van der Waals surface area (Å²) in [6, 6.07) is 10.8. The average molecular weight is 360 g/mol. The molecule has 0 saturated carbocycles. The fraction of sp³-hybridized carbons (Fsp3) is 0.0588. The molecule has 0 amide bonds. The predicted molar refractivity (Wildman–Crippen MR) is 92.3 cm³/mol. The number of benzene rings is 2. The highest BCUT2D eigenvalue weighted by Gasteiger charge is 2.24. The number of carbonyl (C=O) groups is 1. The zero-order chi connectivity index (χ0) is 18.0. The Balaban J connectivity index is 2.22. The van der Waals surface area contributed by atoms with Crippen molar-refractivity contribution in [2.75, 3.05) is 6.54 Å². The first-order chi connectivity index (χ1) is 12.0. The summed E-state index contributed by atoms with van der Waals surface area (Å²) in [6.45, 7) is -0.193. The molecule has 0 atom stereocenters. The van der Waals surface area contributed by atoms with E-state index in [0.29, 0.717) is 22.0 Å². The summed E-state index contributed by atoms with van der Waals surface area (Å²) in [4.78, 5) is 19.7. The van der Waals surface area contributed by atoms with Crippen molar-refractivity contribution >= 4 is 40.4 Å². The lowest BCUT2D eigenvalue weighted by Gasteiger charge is -2.09. The Bertz CT molecular complexity index is 954. The largest absolute Gasteiger partial charge is 0.476 e. The van der Waals surface area contributed by atoms with E-state index in [4.69, 9.17) is 21.9 Å². The zero-order valence-electron chi connectivity index (χ0n) is 12.6. The van der Waals surface area contributed by atoms with Crippen LogP contribution in [-0.4, -0.2) is 40.0 Å². The summed E-state index contributed by atoms with van der Waals surface area (Å²) >= 11 is 6.00. The average Bonchev–Trinajstić information content (AvgIpc) is 2.75. The Morgan fingerprint density at radius 1 is 1.20 bits per heavy atom. The summed E-state index contributed by atoms with van der Waals surface area (Å²) in [5.41, 5.74) is 0.664. The molecule has 0 spiro atoms. The van der Waals surface area contributed by atoms with Crippen LogP contribution in [0, 0.1) is 5.82 Å². The van der Waals surface area contributed by atoms with Crippen molar-refractivity contribution in [1.82, 2.24) is 0 Å². The number of carboxylic acid groups (broad SMARTS) is 1. The number of hydrogen-bond donors (Lipinski definition) is 2. The lowest BCUT2D eigenvalue weighted by Crippen LogP contribution is -2.26. The topological polar surface area (TPSA) is 94.6 Å². The SMILES string of the molecule is O=C(O)C(=NO)C1=Nc2cc(Cl)ccc2C(c2ccccc2F)=NC1. The van der Waals surface area contributed by atoms with Crippen LogP contribution in [0.3, 0.4) is 0 Å². The molecule has 1 aliphatic heterocycles. The number of nitrogens with zero attached hydrogens (tertiary/aromatic N) is 3. The molecular weight excluding hydrogens is 349 g/mol. The van der Waals surface area contributed by atoms with Gasteiger partial charge >= 0.3 is 5.97 Å². The van der Waals surface area contributed by atoms with Crippen LogP contribution in [0.1, 0.15) is 11.1 Å². The molecule has 8 heteroatoms. The number of rotatable bonds is 3. The van der Waals surface area contributed by atoms with E-state index >= 15 is 0 Å². The van der Waals surface area contributed by atoms with Crippen LogP contribution in [0.15, 0.2) is 57.6 Å². The predicted octanol–water partition coefficient (Wildman–Crippen LogP) is 3.32. The molecule has 0 bridgehead atoms. The van der Waals surface area contributed by atoms with Crippen molar-refractivity contribution in [2.45, 2.75) is 0 Å². The van der Waals surface area contributed by atoms with Gasteiger partial charge in [-0.1, -0.05) is 28.9 Å². The lowest BCUT2D eigenvalue weighted by molar-refractivity contribution is -0.129. The lowest BCUT2D eigenvalue weighted by atomic mass is 10.0. The minimum Gasteiger partial charge on any atom is -0.476 e. The number of halogens is 2. The van der Waals surface area contributed by atoms with Crippen LogP contribution >= 0.6 is 11.6 Å². The van der Waals surface area contributed by atoms with E-state index in [1.54, 1.807) is 30.3 Å². The van der Waals surface area contributed by atoms with Crippen molar-refractivity contribution in [1.29, 1.82) is 0 Å². The van der Waals surface area contributed by atoms with Gasteiger partial charge in [0.1, 0.15) is 5.82 Å². The molecule has 126 valence electrons. The number of aliphatic carboxylic acids is 1. The molecule has 2 aromatic rings. The molecule has 0 radical (unpaired) electrons. The maximum absolute atomic E-state index is 14.2. The van der Waals surface area contributed by atoms with Crippen LogP contribution in [0.2, 0.25) is 5.02 Å². The smallest absolute Gasteiger partial charge is 0.359 e. The molecule has 0 saturated heterocycles. The van der Waals surface area contributed by atoms with E-state index in [1.165, 1.54) is 12.1 Å². The Kier molecular flexibility index (Phi) is 4.58. The van der Waals surface area contributed by atoms with Gasteiger partial charge in [0.05, 0.1) is 23.7 Å². The van der Waals surface area contributed by atoms with E-state index in [2.05, 4.69) is 15.1 Å². The van der Waals surface area contributed by atoms with Gasteiger partial charge in [0.2, 0.25) is 5.71 Å². The molecule has 2 N–H and O–H groups in total. The van der Waals surface area contributed by atoms with E-state index in [0.717, 1.165) is 0 Å². The molecule has 2 aromatic carbocycles. The van der Waals surface area contributed by atoms with Gasteiger partial charge in [0.25, 0.3) is 0 Å². The monoisotopic (exact) mass is 359 g/mol. The van der Waals surface area contributed by atoms with Gasteiger partial charge in [-0.05, 0) is 30.3 Å². The van der Waals surface area contributed by atoms with Crippen molar-refractivity contribution in [2.24, 2.45) is 15.1 Å². The first kappa shape index (κ1) is 16.8. The minimum absolute atomic E-state index is 0.0649. The normalized spacial score (nSPS) is 14.2. The molecule has 0 aromatic heterocycles. The third kappa shape index (κ3) is 3.27. The second-order valence-corrected chi connectivity index (χ2v) is 5.55. The van der Waals surface area contributed by atoms with Gasteiger partial charge in [-0.15, -0.1) is 0 Å². The Hall–Kier alpha value is -3.06.